The van der Waals surface area contributed by atoms with E-state index in [4.69, 9.17) is 14.2 Å². The minimum atomic E-state index is -0.0417. The summed E-state index contributed by atoms with van der Waals surface area (Å²) in [5.74, 6) is 1.83. The average molecular weight is 375 g/mol. The molecule has 0 fully saturated rings. The number of thiophene rings is 1. The van der Waals surface area contributed by atoms with Crippen LogP contribution in [0.4, 0.5) is 0 Å². The molecular formula is C20H25NO4S. The Morgan fingerprint density at radius 2 is 1.65 bits per heavy atom. The average Bonchev–Trinajstić information content (AvgIpc) is 2.95. The van der Waals surface area contributed by atoms with Crippen molar-refractivity contribution in [2.75, 3.05) is 21.3 Å². The molecule has 1 N–H and O–H groups in total. The van der Waals surface area contributed by atoms with Crippen molar-refractivity contribution >= 4 is 17.2 Å². The van der Waals surface area contributed by atoms with Crippen molar-refractivity contribution in [2.24, 2.45) is 0 Å². The molecule has 26 heavy (non-hydrogen) atoms. The maximum absolute atomic E-state index is 12.6. The number of benzene rings is 1. The normalized spacial score (nSPS) is 13.5. The number of amides is 1. The lowest BCUT2D eigenvalue weighted by Gasteiger charge is -2.14. The van der Waals surface area contributed by atoms with Crippen LogP contribution in [0.15, 0.2) is 18.2 Å². The van der Waals surface area contributed by atoms with Gasteiger partial charge in [0.2, 0.25) is 0 Å². The Labute approximate surface area is 158 Å². The number of carbonyl (C=O) groups excluding carboxylic acids is 1. The summed E-state index contributed by atoms with van der Waals surface area (Å²) in [4.78, 5) is 14.8. The second-order valence-corrected chi connectivity index (χ2v) is 7.46. The van der Waals surface area contributed by atoms with Crippen LogP contribution in [-0.4, -0.2) is 27.2 Å². The second kappa shape index (κ2) is 8.45. The quantitative estimate of drug-likeness (QED) is 0.776. The van der Waals surface area contributed by atoms with E-state index < -0.39 is 0 Å². The van der Waals surface area contributed by atoms with Gasteiger partial charge in [0.1, 0.15) is 5.75 Å². The summed E-state index contributed by atoms with van der Waals surface area (Å²) >= 11 is 1.63. The maximum atomic E-state index is 12.6. The van der Waals surface area contributed by atoms with Crippen LogP contribution in [0.1, 0.15) is 44.9 Å². The Kier molecular flexibility index (Phi) is 6.04. The fourth-order valence-electron chi connectivity index (χ4n) is 3.27. The lowest BCUT2D eigenvalue weighted by atomic mass is 10.1. The molecule has 0 saturated carbocycles. The Bertz CT molecular complexity index is 761. The van der Waals surface area contributed by atoms with Gasteiger partial charge in [-0.15, -0.1) is 11.3 Å². The summed E-state index contributed by atoms with van der Waals surface area (Å²) in [6, 6.07) is 5.67. The molecule has 2 aromatic rings. The van der Waals surface area contributed by atoms with Crippen LogP contribution in [0.3, 0.4) is 0 Å². The third-order valence-electron chi connectivity index (χ3n) is 4.70. The number of rotatable bonds is 6. The minimum absolute atomic E-state index is 0.0417. The summed E-state index contributed by atoms with van der Waals surface area (Å²) < 4.78 is 16.1. The molecule has 0 radical (unpaired) electrons. The van der Waals surface area contributed by atoms with Crippen molar-refractivity contribution in [3.63, 3.8) is 0 Å². The summed E-state index contributed by atoms with van der Waals surface area (Å²) in [5, 5.41) is 3.00. The van der Waals surface area contributed by atoms with Gasteiger partial charge in [-0.2, -0.15) is 0 Å². The Morgan fingerprint density at radius 1 is 0.962 bits per heavy atom. The van der Waals surface area contributed by atoms with Crippen molar-refractivity contribution < 1.29 is 19.0 Å². The summed E-state index contributed by atoms with van der Waals surface area (Å²) in [5.41, 5.74) is 2.19. The monoisotopic (exact) mass is 375 g/mol. The molecule has 140 valence electrons. The smallest absolute Gasteiger partial charge is 0.261 e. The Morgan fingerprint density at radius 3 is 2.38 bits per heavy atom. The zero-order valence-corrected chi connectivity index (χ0v) is 16.3. The van der Waals surface area contributed by atoms with Crippen LogP contribution < -0.4 is 19.5 Å². The summed E-state index contributed by atoms with van der Waals surface area (Å²) in [6.45, 7) is 0.366. The third kappa shape index (κ3) is 3.96. The first-order chi connectivity index (χ1) is 12.7. The molecule has 0 unspecified atom stereocenters. The zero-order chi connectivity index (χ0) is 18.5. The Balaban J connectivity index is 1.73. The third-order valence-corrected chi connectivity index (χ3v) is 5.93. The topological polar surface area (TPSA) is 56.8 Å². The summed E-state index contributed by atoms with van der Waals surface area (Å²) in [6.07, 6.45) is 5.90. The van der Waals surface area contributed by atoms with E-state index in [0.717, 1.165) is 23.3 Å². The van der Waals surface area contributed by atoms with Crippen molar-refractivity contribution in [3.8, 4) is 17.2 Å². The van der Waals surface area contributed by atoms with E-state index in [1.54, 1.807) is 38.7 Å². The number of aryl methyl sites for hydroxylation is 2. The van der Waals surface area contributed by atoms with Gasteiger partial charge in [-0.05, 0) is 43.4 Å². The number of hydrogen-bond acceptors (Lipinski definition) is 5. The van der Waals surface area contributed by atoms with E-state index in [9.17, 15) is 4.79 Å². The SMILES string of the molecule is COc1cc(OC)c(OC)cc1CNC(=O)c1cc2c(s1)CCCCC2. The van der Waals surface area contributed by atoms with Gasteiger partial charge in [0.25, 0.3) is 5.91 Å². The van der Waals surface area contributed by atoms with E-state index in [0.29, 0.717) is 23.8 Å². The fraction of sp³-hybridized carbons (Fsp3) is 0.450. The van der Waals surface area contributed by atoms with Gasteiger partial charge in [-0.1, -0.05) is 6.42 Å². The molecule has 0 saturated heterocycles. The number of fused-ring (bicyclic) bond motifs is 1. The maximum Gasteiger partial charge on any atom is 0.261 e. The molecule has 1 aromatic carbocycles. The first-order valence-corrected chi connectivity index (χ1v) is 9.66. The highest BCUT2D eigenvalue weighted by Crippen LogP contribution is 2.34. The minimum Gasteiger partial charge on any atom is -0.496 e. The molecule has 0 bridgehead atoms. The highest BCUT2D eigenvalue weighted by atomic mass is 32.1. The van der Waals surface area contributed by atoms with Crippen LogP contribution in [-0.2, 0) is 19.4 Å². The van der Waals surface area contributed by atoms with E-state index in [-0.39, 0.29) is 5.91 Å². The molecule has 1 heterocycles. The highest BCUT2D eigenvalue weighted by Gasteiger charge is 2.17. The van der Waals surface area contributed by atoms with E-state index >= 15 is 0 Å². The van der Waals surface area contributed by atoms with E-state index in [1.807, 2.05) is 6.07 Å². The molecule has 0 spiro atoms. The zero-order valence-electron chi connectivity index (χ0n) is 15.5. The number of carbonyl (C=O) groups is 1. The first-order valence-electron chi connectivity index (χ1n) is 8.85. The second-order valence-electron chi connectivity index (χ2n) is 6.32. The molecule has 1 aromatic heterocycles. The van der Waals surface area contributed by atoms with Gasteiger partial charge in [-0.25, -0.2) is 0 Å². The van der Waals surface area contributed by atoms with Crippen molar-refractivity contribution in [1.82, 2.24) is 5.32 Å². The van der Waals surface area contributed by atoms with Crippen LogP contribution >= 0.6 is 11.3 Å². The van der Waals surface area contributed by atoms with Gasteiger partial charge in [0, 0.05) is 23.1 Å². The van der Waals surface area contributed by atoms with Crippen LogP contribution in [0, 0.1) is 0 Å². The number of methoxy groups -OCH3 is 3. The van der Waals surface area contributed by atoms with Gasteiger partial charge < -0.3 is 19.5 Å². The lowest BCUT2D eigenvalue weighted by Crippen LogP contribution is -2.22. The lowest BCUT2D eigenvalue weighted by molar-refractivity contribution is 0.0954. The predicted octanol–water partition coefficient (Wildman–Crippen LogP) is 3.97. The Hall–Kier alpha value is -2.21. The van der Waals surface area contributed by atoms with Crippen molar-refractivity contribution in [1.29, 1.82) is 0 Å². The molecular weight excluding hydrogens is 350 g/mol. The van der Waals surface area contributed by atoms with Gasteiger partial charge in [-0.3, -0.25) is 4.79 Å². The molecule has 6 heteroatoms. The van der Waals surface area contributed by atoms with Crippen molar-refractivity contribution in [3.05, 3.63) is 39.1 Å². The molecule has 1 amide bonds. The van der Waals surface area contributed by atoms with Gasteiger partial charge >= 0.3 is 0 Å². The standard InChI is InChI=1S/C20H25NO4S/c1-23-15-11-17(25-3)16(24-2)9-14(15)12-21-20(22)19-10-13-7-5-4-6-8-18(13)26-19/h9-11H,4-8,12H2,1-3H3,(H,21,22). The number of ether oxygens (including phenoxy) is 3. The van der Waals surface area contributed by atoms with E-state index in [1.165, 1.54) is 29.7 Å². The van der Waals surface area contributed by atoms with Crippen LogP contribution in [0.5, 0.6) is 17.2 Å². The first kappa shape index (κ1) is 18.6. The fourth-order valence-corrected chi connectivity index (χ4v) is 4.44. The van der Waals surface area contributed by atoms with E-state index in [2.05, 4.69) is 11.4 Å². The van der Waals surface area contributed by atoms with Crippen molar-refractivity contribution in [2.45, 2.75) is 38.6 Å². The molecule has 0 atom stereocenters. The predicted molar refractivity (Wildman–Crippen MR) is 103 cm³/mol. The number of nitrogens with one attached hydrogen (secondary N) is 1. The van der Waals surface area contributed by atoms with Gasteiger partial charge in [0.15, 0.2) is 11.5 Å². The molecule has 0 aliphatic heterocycles. The highest BCUT2D eigenvalue weighted by molar-refractivity contribution is 7.14. The van der Waals surface area contributed by atoms with Crippen LogP contribution in [0.2, 0.25) is 0 Å². The number of hydrogen-bond donors (Lipinski definition) is 1. The largest absolute Gasteiger partial charge is 0.496 e. The summed E-state index contributed by atoms with van der Waals surface area (Å²) in [7, 11) is 4.77. The van der Waals surface area contributed by atoms with Crippen LogP contribution in [0.25, 0.3) is 0 Å². The molecule has 1 aliphatic rings. The van der Waals surface area contributed by atoms with Gasteiger partial charge in [0.05, 0.1) is 26.2 Å². The molecule has 1 aliphatic carbocycles. The molecule has 5 nitrogen and oxygen atoms in total. The molecule has 3 rings (SSSR count).